The lowest BCUT2D eigenvalue weighted by molar-refractivity contribution is 0.0617. The predicted molar refractivity (Wildman–Crippen MR) is 112 cm³/mol. The molecule has 1 N–H and O–H groups in total. The molecule has 1 unspecified atom stereocenters. The zero-order chi connectivity index (χ0) is 21.4. The van der Waals surface area contributed by atoms with Crippen LogP contribution in [0.1, 0.15) is 42.2 Å². The van der Waals surface area contributed by atoms with Gasteiger partial charge in [-0.15, -0.1) is 0 Å². The summed E-state index contributed by atoms with van der Waals surface area (Å²) < 4.78 is 35.8. The van der Waals surface area contributed by atoms with E-state index in [0.29, 0.717) is 29.2 Å². The molecule has 1 aliphatic rings. The van der Waals surface area contributed by atoms with Crippen LogP contribution in [0, 0.1) is 0 Å². The minimum atomic E-state index is -3.36. The minimum absolute atomic E-state index is 0.217. The zero-order valence-electron chi connectivity index (χ0n) is 17.2. The standard InChI is InChI=1S/C21H26N2O5S/c1-21(2)13-18(17-11-10-16(27-4)12-19(17)28-21)22-20(24)14-6-8-15(9-7-14)23(3)29(5,25)26/h6-12,18H,13H2,1-5H3,(H,22,24). The summed E-state index contributed by atoms with van der Waals surface area (Å²) in [6.45, 7) is 3.95. The van der Waals surface area contributed by atoms with Crippen molar-refractivity contribution < 1.29 is 22.7 Å². The van der Waals surface area contributed by atoms with E-state index in [1.165, 1.54) is 11.4 Å². The molecule has 3 rings (SSSR count). The van der Waals surface area contributed by atoms with Crippen LogP contribution in [0.2, 0.25) is 0 Å². The third-order valence-electron chi connectivity index (χ3n) is 4.97. The molecule has 1 heterocycles. The van der Waals surface area contributed by atoms with Crippen molar-refractivity contribution in [2.24, 2.45) is 0 Å². The van der Waals surface area contributed by atoms with Gasteiger partial charge in [0.15, 0.2) is 0 Å². The van der Waals surface area contributed by atoms with Crippen molar-refractivity contribution in [1.82, 2.24) is 5.32 Å². The summed E-state index contributed by atoms with van der Waals surface area (Å²) in [6, 6.07) is 11.8. The Morgan fingerprint density at radius 1 is 1.21 bits per heavy atom. The molecule has 156 valence electrons. The van der Waals surface area contributed by atoms with Gasteiger partial charge in [0.25, 0.3) is 5.91 Å². The van der Waals surface area contributed by atoms with Crippen molar-refractivity contribution in [2.75, 3.05) is 24.7 Å². The molecular formula is C21H26N2O5S. The molecule has 1 amide bonds. The number of hydrogen-bond acceptors (Lipinski definition) is 5. The fraction of sp³-hybridized carbons (Fsp3) is 0.381. The number of carbonyl (C=O) groups excluding carboxylic acids is 1. The number of fused-ring (bicyclic) bond motifs is 1. The summed E-state index contributed by atoms with van der Waals surface area (Å²) in [6.07, 6.45) is 1.75. The molecule has 0 bridgehead atoms. The number of hydrogen-bond donors (Lipinski definition) is 1. The van der Waals surface area contributed by atoms with Crippen LogP contribution in [0.25, 0.3) is 0 Å². The summed E-state index contributed by atoms with van der Waals surface area (Å²) in [5.41, 5.74) is 1.40. The molecule has 1 atom stereocenters. The van der Waals surface area contributed by atoms with Crippen LogP contribution in [-0.4, -0.2) is 40.3 Å². The van der Waals surface area contributed by atoms with Gasteiger partial charge in [-0.25, -0.2) is 8.42 Å². The minimum Gasteiger partial charge on any atom is -0.497 e. The number of ether oxygens (including phenoxy) is 2. The van der Waals surface area contributed by atoms with Gasteiger partial charge in [0.1, 0.15) is 17.1 Å². The van der Waals surface area contributed by atoms with Crippen LogP contribution in [-0.2, 0) is 10.0 Å². The number of benzene rings is 2. The largest absolute Gasteiger partial charge is 0.497 e. The first-order valence-electron chi connectivity index (χ1n) is 9.22. The maximum atomic E-state index is 12.8. The number of methoxy groups -OCH3 is 1. The Balaban J connectivity index is 1.82. The maximum absolute atomic E-state index is 12.8. The monoisotopic (exact) mass is 418 g/mol. The van der Waals surface area contributed by atoms with Crippen LogP contribution >= 0.6 is 0 Å². The highest BCUT2D eigenvalue weighted by atomic mass is 32.2. The molecule has 29 heavy (non-hydrogen) atoms. The van der Waals surface area contributed by atoms with E-state index >= 15 is 0 Å². The molecule has 2 aromatic carbocycles. The number of nitrogens with one attached hydrogen (secondary N) is 1. The molecule has 8 heteroatoms. The molecule has 0 spiro atoms. The maximum Gasteiger partial charge on any atom is 0.251 e. The second kappa shape index (κ2) is 7.59. The average molecular weight is 419 g/mol. The Kier molecular flexibility index (Phi) is 5.49. The normalized spacial score (nSPS) is 17.6. The first-order valence-corrected chi connectivity index (χ1v) is 11.1. The van der Waals surface area contributed by atoms with Gasteiger partial charge in [-0.05, 0) is 50.2 Å². The van der Waals surface area contributed by atoms with E-state index in [1.54, 1.807) is 31.4 Å². The molecule has 1 aliphatic heterocycles. The fourth-order valence-electron chi connectivity index (χ4n) is 3.34. The Labute approximate surface area is 171 Å². The molecule has 7 nitrogen and oxygen atoms in total. The van der Waals surface area contributed by atoms with Crippen molar-refractivity contribution in [2.45, 2.75) is 31.9 Å². The quantitative estimate of drug-likeness (QED) is 0.806. The highest BCUT2D eigenvalue weighted by molar-refractivity contribution is 7.92. The van der Waals surface area contributed by atoms with Gasteiger partial charge in [-0.3, -0.25) is 9.10 Å². The Morgan fingerprint density at radius 3 is 2.45 bits per heavy atom. The third-order valence-corrected chi connectivity index (χ3v) is 6.18. The lowest BCUT2D eigenvalue weighted by Gasteiger charge is -2.38. The number of sulfonamides is 1. The molecule has 0 fully saturated rings. The number of amides is 1. The zero-order valence-corrected chi connectivity index (χ0v) is 18.0. The van der Waals surface area contributed by atoms with Crippen LogP contribution in [0.3, 0.4) is 0 Å². The number of carbonyl (C=O) groups is 1. The van der Waals surface area contributed by atoms with Gasteiger partial charge < -0.3 is 14.8 Å². The fourth-order valence-corrected chi connectivity index (χ4v) is 3.85. The van der Waals surface area contributed by atoms with Crippen molar-refractivity contribution in [1.29, 1.82) is 0 Å². The smallest absolute Gasteiger partial charge is 0.251 e. The Bertz CT molecular complexity index is 1020. The summed E-state index contributed by atoms with van der Waals surface area (Å²) in [7, 11) is -0.286. The molecule has 0 aromatic heterocycles. The van der Waals surface area contributed by atoms with Crippen molar-refractivity contribution in [3.8, 4) is 11.5 Å². The lowest BCUT2D eigenvalue weighted by atomic mass is 9.89. The molecule has 0 saturated carbocycles. The van der Waals surface area contributed by atoms with Gasteiger partial charge in [0.05, 0.1) is 25.1 Å². The summed E-state index contributed by atoms with van der Waals surface area (Å²) >= 11 is 0. The number of rotatable bonds is 5. The van der Waals surface area contributed by atoms with Crippen molar-refractivity contribution in [3.05, 3.63) is 53.6 Å². The molecular weight excluding hydrogens is 392 g/mol. The highest BCUT2D eigenvalue weighted by Crippen LogP contribution is 2.41. The first kappa shape index (κ1) is 21.0. The van der Waals surface area contributed by atoms with Gasteiger partial charge >= 0.3 is 0 Å². The molecule has 0 aliphatic carbocycles. The second-order valence-electron chi connectivity index (χ2n) is 7.77. The third kappa shape index (κ3) is 4.64. The van der Waals surface area contributed by atoms with E-state index in [2.05, 4.69) is 5.32 Å². The summed E-state index contributed by atoms with van der Waals surface area (Å²) in [5, 5.41) is 3.07. The van der Waals surface area contributed by atoms with Crippen molar-refractivity contribution in [3.63, 3.8) is 0 Å². The predicted octanol–water partition coefficient (Wildman–Crippen LogP) is 3.12. The van der Waals surface area contributed by atoms with E-state index in [0.717, 1.165) is 11.8 Å². The van der Waals surface area contributed by atoms with Crippen LogP contribution in [0.4, 0.5) is 5.69 Å². The lowest BCUT2D eigenvalue weighted by Crippen LogP contribution is -2.41. The SMILES string of the molecule is COc1ccc2c(c1)OC(C)(C)CC2NC(=O)c1ccc(N(C)S(C)(=O)=O)cc1. The second-order valence-corrected chi connectivity index (χ2v) is 9.79. The van der Waals surface area contributed by atoms with Crippen molar-refractivity contribution >= 4 is 21.6 Å². The van der Waals surface area contributed by atoms with Crippen LogP contribution < -0.4 is 19.1 Å². The highest BCUT2D eigenvalue weighted by Gasteiger charge is 2.35. The van der Waals surface area contributed by atoms with Gasteiger partial charge in [-0.1, -0.05) is 0 Å². The molecule has 2 aromatic rings. The first-order chi connectivity index (χ1) is 13.5. The number of anilines is 1. The van der Waals surface area contributed by atoms with E-state index < -0.39 is 15.6 Å². The van der Waals surface area contributed by atoms with Gasteiger partial charge in [0.2, 0.25) is 10.0 Å². The topological polar surface area (TPSA) is 84.9 Å². The molecule has 0 radical (unpaired) electrons. The van der Waals surface area contributed by atoms with Gasteiger partial charge in [0, 0.05) is 30.7 Å². The Hall–Kier alpha value is -2.74. The van der Waals surface area contributed by atoms with Crippen LogP contribution in [0.15, 0.2) is 42.5 Å². The van der Waals surface area contributed by atoms with Gasteiger partial charge in [-0.2, -0.15) is 0 Å². The number of nitrogens with zero attached hydrogens (tertiary/aromatic N) is 1. The van der Waals surface area contributed by atoms with E-state index in [-0.39, 0.29) is 11.9 Å². The molecule has 0 saturated heterocycles. The summed E-state index contributed by atoms with van der Waals surface area (Å²) in [5.74, 6) is 1.15. The Morgan fingerprint density at radius 2 is 1.86 bits per heavy atom. The van der Waals surface area contributed by atoms with E-state index in [4.69, 9.17) is 9.47 Å². The summed E-state index contributed by atoms with van der Waals surface area (Å²) in [4.78, 5) is 12.8. The average Bonchev–Trinajstić information content (AvgIpc) is 2.65. The van der Waals surface area contributed by atoms with Crippen LogP contribution in [0.5, 0.6) is 11.5 Å². The van der Waals surface area contributed by atoms with E-state index in [1.807, 2.05) is 32.0 Å². The van der Waals surface area contributed by atoms with E-state index in [9.17, 15) is 13.2 Å².